The van der Waals surface area contributed by atoms with Crippen molar-refractivity contribution < 1.29 is 14.4 Å². The number of anilines is 1. The van der Waals surface area contributed by atoms with Gasteiger partial charge in [-0.3, -0.25) is 19.3 Å². The number of imide groups is 1. The van der Waals surface area contributed by atoms with Crippen LogP contribution >= 0.6 is 15.9 Å². The molecule has 1 aromatic rings. The van der Waals surface area contributed by atoms with E-state index in [1.54, 1.807) is 12.1 Å². The Bertz CT molecular complexity index is 731. The van der Waals surface area contributed by atoms with Crippen molar-refractivity contribution in [1.82, 2.24) is 4.90 Å². The minimum Gasteiger partial charge on any atom is -0.324 e. The van der Waals surface area contributed by atoms with Gasteiger partial charge in [-0.2, -0.15) is 0 Å². The summed E-state index contributed by atoms with van der Waals surface area (Å²) >= 11 is 3.36. The molecule has 1 aliphatic heterocycles. The number of hydrogen-bond acceptors (Lipinski definition) is 3. The number of nitrogens with one attached hydrogen (secondary N) is 1. The Morgan fingerprint density at radius 1 is 1.29 bits per heavy atom. The highest BCUT2D eigenvalue weighted by atomic mass is 79.9. The normalized spacial score (nSPS) is 28.2. The lowest BCUT2D eigenvalue weighted by Gasteiger charge is -2.47. The Kier molecular flexibility index (Phi) is 4.06. The Morgan fingerprint density at radius 3 is 2.62 bits per heavy atom. The maximum absolute atomic E-state index is 12.9. The first-order chi connectivity index (χ1) is 11.2. The second-order valence-corrected chi connectivity index (χ2v) is 8.26. The molecule has 2 unspecified atom stereocenters. The molecule has 2 atom stereocenters. The third kappa shape index (κ3) is 2.39. The molecule has 6 heteroatoms. The second-order valence-electron chi connectivity index (χ2n) is 7.40. The van der Waals surface area contributed by atoms with Crippen LogP contribution in [0, 0.1) is 16.7 Å². The van der Waals surface area contributed by atoms with Gasteiger partial charge < -0.3 is 5.32 Å². The summed E-state index contributed by atoms with van der Waals surface area (Å²) in [6, 6.07) is 7.23. The molecule has 0 radical (unpaired) electrons. The largest absolute Gasteiger partial charge is 0.324 e. The summed E-state index contributed by atoms with van der Waals surface area (Å²) in [5.74, 6) is -1.02. The molecule has 1 saturated heterocycles. The molecule has 1 aliphatic carbocycles. The number of fused-ring (bicyclic) bond motifs is 2. The molecule has 2 bridgehead atoms. The zero-order valence-electron chi connectivity index (χ0n) is 14.1. The first-order valence-corrected chi connectivity index (χ1v) is 8.88. The summed E-state index contributed by atoms with van der Waals surface area (Å²) in [5.41, 5.74) is -0.329. The predicted octanol–water partition coefficient (Wildman–Crippen LogP) is 3.20. The average Bonchev–Trinajstić information content (AvgIpc) is 2.71. The van der Waals surface area contributed by atoms with Crippen molar-refractivity contribution in [1.29, 1.82) is 0 Å². The molecule has 1 aromatic carbocycles. The number of carbonyl (C=O) groups excluding carboxylic acids is 3. The van der Waals surface area contributed by atoms with Crippen molar-refractivity contribution in [3.05, 3.63) is 28.7 Å². The summed E-state index contributed by atoms with van der Waals surface area (Å²) in [7, 11) is 0. The van der Waals surface area contributed by atoms with Gasteiger partial charge >= 0.3 is 0 Å². The number of piperidine rings is 1. The summed E-state index contributed by atoms with van der Waals surface area (Å²) in [6.45, 7) is 5.65. The topological polar surface area (TPSA) is 66.5 Å². The number of benzene rings is 1. The average molecular weight is 393 g/mol. The second kappa shape index (κ2) is 5.69. The monoisotopic (exact) mass is 392 g/mol. The minimum atomic E-state index is -0.584. The van der Waals surface area contributed by atoms with Crippen LogP contribution in [0.25, 0.3) is 0 Å². The molecule has 3 rings (SSSR count). The SMILES string of the molecule is CC12CCC(C(=O)N(CC(=O)Nc3ccccc3Br)C1=O)C2(C)C. The molecule has 128 valence electrons. The molecule has 24 heavy (non-hydrogen) atoms. The van der Waals surface area contributed by atoms with E-state index in [1.807, 2.05) is 32.9 Å². The van der Waals surface area contributed by atoms with Crippen LogP contribution in [0.5, 0.6) is 0 Å². The number of likely N-dealkylation sites (tertiary alicyclic amines) is 1. The van der Waals surface area contributed by atoms with Crippen molar-refractivity contribution >= 4 is 39.3 Å². The third-order valence-corrected chi connectivity index (χ3v) is 6.65. The van der Waals surface area contributed by atoms with Gasteiger partial charge in [-0.15, -0.1) is 0 Å². The van der Waals surface area contributed by atoms with Crippen LogP contribution in [-0.4, -0.2) is 29.2 Å². The molecule has 3 amide bonds. The van der Waals surface area contributed by atoms with Gasteiger partial charge in [0, 0.05) is 10.4 Å². The molecule has 1 saturated carbocycles. The van der Waals surface area contributed by atoms with E-state index in [2.05, 4.69) is 21.2 Å². The van der Waals surface area contributed by atoms with E-state index in [0.29, 0.717) is 18.5 Å². The highest BCUT2D eigenvalue weighted by molar-refractivity contribution is 9.10. The van der Waals surface area contributed by atoms with Gasteiger partial charge in [0.2, 0.25) is 17.7 Å². The molecule has 0 aromatic heterocycles. The summed E-state index contributed by atoms with van der Waals surface area (Å²) in [6.07, 6.45) is 1.40. The lowest BCUT2D eigenvalue weighted by atomic mass is 9.62. The van der Waals surface area contributed by atoms with Crippen LogP contribution in [0.3, 0.4) is 0 Å². The number of nitrogens with zero attached hydrogens (tertiary/aromatic N) is 1. The number of hydrogen-bond donors (Lipinski definition) is 1. The summed E-state index contributed by atoms with van der Waals surface area (Å²) in [4.78, 5) is 39.1. The van der Waals surface area contributed by atoms with Gasteiger partial charge in [-0.05, 0) is 46.3 Å². The van der Waals surface area contributed by atoms with Crippen molar-refractivity contribution in [2.24, 2.45) is 16.7 Å². The Labute approximate surface area is 149 Å². The standard InChI is InChI=1S/C18H21BrN2O3/c1-17(2)11-8-9-18(17,3)16(24)21(15(11)23)10-14(22)20-13-7-5-4-6-12(13)19/h4-7,11H,8-10H2,1-3H3,(H,20,22). The van der Waals surface area contributed by atoms with Gasteiger partial charge in [0.05, 0.1) is 11.1 Å². The summed E-state index contributed by atoms with van der Waals surface area (Å²) in [5, 5.41) is 2.75. The van der Waals surface area contributed by atoms with Crippen LogP contribution in [0.4, 0.5) is 5.69 Å². The fraction of sp³-hybridized carbons (Fsp3) is 0.500. The lowest BCUT2D eigenvalue weighted by molar-refractivity contribution is -0.168. The van der Waals surface area contributed by atoms with E-state index in [0.717, 1.165) is 9.37 Å². The Morgan fingerprint density at radius 2 is 1.96 bits per heavy atom. The molecule has 1 N–H and O–H groups in total. The van der Waals surface area contributed by atoms with Crippen LogP contribution in [0.1, 0.15) is 33.6 Å². The van der Waals surface area contributed by atoms with Gasteiger partial charge in [0.1, 0.15) is 6.54 Å². The predicted molar refractivity (Wildman–Crippen MR) is 94.1 cm³/mol. The first kappa shape index (κ1) is 17.1. The fourth-order valence-corrected chi connectivity index (χ4v) is 4.33. The van der Waals surface area contributed by atoms with Crippen molar-refractivity contribution in [3.63, 3.8) is 0 Å². The zero-order chi connectivity index (χ0) is 17.7. The Balaban J connectivity index is 1.79. The van der Waals surface area contributed by atoms with Gasteiger partial charge in [-0.1, -0.05) is 32.9 Å². The molecule has 2 fully saturated rings. The van der Waals surface area contributed by atoms with Crippen LogP contribution < -0.4 is 5.32 Å². The van der Waals surface area contributed by atoms with Crippen LogP contribution in [0.2, 0.25) is 0 Å². The smallest absolute Gasteiger partial charge is 0.244 e. The van der Waals surface area contributed by atoms with E-state index in [-0.39, 0.29) is 35.6 Å². The van der Waals surface area contributed by atoms with Gasteiger partial charge in [0.15, 0.2) is 0 Å². The molecule has 2 aliphatic rings. The van der Waals surface area contributed by atoms with Gasteiger partial charge in [-0.25, -0.2) is 0 Å². The molecular weight excluding hydrogens is 372 g/mol. The van der Waals surface area contributed by atoms with Crippen molar-refractivity contribution in [2.75, 3.05) is 11.9 Å². The maximum Gasteiger partial charge on any atom is 0.244 e. The van der Waals surface area contributed by atoms with Crippen molar-refractivity contribution in [2.45, 2.75) is 33.6 Å². The Hall–Kier alpha value is -1.69. The van der Waals surface area contributed by atoms with E-state index in [1.165, 1.54) is 0 Å². The minimum absolute atomic E-state index is 0.198. The highest BCUT2D eigenvalue weighted by Gasteiger charge is 2.64. The molecular formula is C18H21BrN2O3. The number of halogens is 1. The summed E-state index contributed by atoms with van der Waals surface area (Å²) < 4.78 is 0.753. The third-order valence-electron chi connectivity index (χ3n) is 5.96. The number of amides is 3. The maximum atomic E-state index is 12.9. The number of carbonyl (C=O) groups is 3. The molecule has 0 spiro atoms. The fourth-order valence-electron chi connectivity index (χ4n) is 3.95. The van der Waals surface area contributed by atoms with Crippen LogP contribution in [0.15, 0.2) is 28.7 Å². The van der Waals surface area contributed by atoms with E-state index in [9.17, 15) is 14.4 Å². The van der Waals surface area contributed by atoms with Crippen LogP contribution in [-0.2, 0) is 14.4 Å². The quantitative estimate of drug-likeness (QED) is 0.803. The number of para-hydroxylation sites is 1. The molecule has 1 heterocycles. The lowest BCUT2D eigenvalue weighted by Crippen LogP contribution is -2.60. The zero-order valence-corrected chi connectivity index (χ0v) is 15.6. The highest BCUT2D eigenvalue weighted by Crippen LogP contribution is 2.59. The van der Waals surface area contributed by atoms with E-state index >= 15 is 0 Å². The van der Waals surface area contributed by atoms with E-state index < -0.39 is 5.41 Å². The first-order valence-electron chi connectivity index (χ1n) is 8.08. The molecule has 5 nitrogen and oxygen atoms in total. The van der Waals surface area contributed by atoms with Gasteiger partial charge in [0.25, 0.3) is 0 Å². The van der Waals surface area contributed by atoms with Crippen molar-refractivity contribution in [3.8, 4) is 0 Å². The number of rotatable bonds is 3. The van der Waals surface area contributed by atoms with E-state index in [4.69, 9.17) is 0 Å².